The maximum atomic E-state index is 2.39. The molecule has 0 saturated heterocycles. The van der Waals surface area contributed by atoms with Gasteiger partial charge in [0.05, 0.1) is 0 Å². The molecule has 1 aliphatic rings. The van der Waals surface area contributed by atoms with Gasteiger partial charge in [-0.1, -0.05) is 67.2 Å². The highest BCUT2D eigenvalue weighted by Crippen LogP contribution is 2.36. The molecular weight excluding hydrogens is 263 g/mol. The van der Waals surface area contributed by atoms with Crippen molar-refractivity contribution in [3.63, 3.8) is 0 Å². The second-order valence-electron chi connectivity index (χ2n) is 7.31. The lowest BCUT2D eigenvalue weighted by Crippen LogP contribution is -2.11. The van der Waals surface area contributed by atoms with E-state index in [2.05, 4.69) is 65.0 Å². The smallest absolute Gasteiger partial charge is 0.0852 e. The molecular formula is C21H27B. The summed E-state index contributed by atoms with van der Waals surface area (Å²) in [5, 5.41) is 0. The number of hydrogen-bond donors (Lipinski definition) is 0. The normalized spacial score (nSPS) is 21.8. The number of aryl methyl sites for hydroxylation is 1. The van der Waals surface area contributed by atoms with Gasteiger partial charge in [-0.2, -0.15) is 0 Å². The van der Waals surface area contributed by atoms with Crippen LogP contribution in [0.1, 0.15) is 55.2 Å². The van der Waals surface area contributed by atoms with Gasteiger partial charge in [-0.25, -0.2) is 0 Å². The molecule has 0 atom stereocenters. The van der Waals surface area contributed by atoms with Crippen LogP contribution in [0.25, 0.3) is 11.1 Å². The first-order valence-corrected chi connectivity index (χ1v) is 8.73. The first kappa shape index (κ1) is 15.4. The SMILES string of the molecule is Bc1cc(-c2ccc(C3CCC(C)CC3)cc2)cc(C)c1C. The van der Waals surface area contributed by atoms with Gasteiger partial charge in [0, 0.05) is 0 Å². The summed E-state index contributed by atoms with van der Waals surface area (Å²) in [6.07, 6.45) is 5.51. The molecule has 0 N–H and O–H groups in total. The molecule has 1 fully saturated rings. The summed E-state index contributed by atoms with van der Waals surface area (Å²) >= 11 is 0. The molecule has 0 radical (unpaired) electrons. The Kier molecular flexibility index (Phi) is 4.43. The maximum absolute atomic E-state index is 2.39. The lowest BCUT2D eigenvalue weighted by Gasteiger charge is -2.26. The van der Waals surface area contributed by atoms with Crippen LogP contribution in [0.5, 0.6) is 0 Å². The highest BCUT2D eigenvalue weighted by atomic mass is 14.2. The third-order valence-electron chi connectivity index (χ3n) is 5.66. The van der Waals surface area contributed by atoms with E-state index >= 15 is 0 Å². The van der Waals surface area contributed by atoms with Crippen molar-refractivity contribution in [3.8, 4) is 11.1 Å². The van der Waals surface area contributed by atoms with Crippen molar-refractivity contribution < 1.29 is 0 Å². The number of rotatable bonds is 2. The summed E-state index contributed by atoms with van der Waals surface area (Å²) < 4.78 is 0. The van der Waals surface area contributed by atoms with Crippen LogP contribution >= 0.6 is 0 Å². The van der Waals surface area contributed by atoms with Gasteiger partial charge in [-0.3, -0.25) is 0 Å². The van der Waals surface area contributed by atoms with Gasteiger partial charge in [-0.05, 0) is 60.8 Å². The Hall–Kier alpha value is -1.50. The lowest BCUT2D eigenvalue weighted by molar-refractivity contribution is 0.348. The van der Waals surface area contributed by atoms with E-state index in [0.717, 1.165) is 11.8 Å². The van der Waals surface area contributed by atoms with E-state index in [1.54, 1.807) is 0 Å². The summed E-state index contributed by atoms with van der Waals surface area (Å²) in [6.45, 7) is 6.81. The van der Waals surface area contributed by atoms with Gasteiger partial charge in [0.15, 0.2) is 0 Å². The van der Waals surface area contributed by atoms with Crippen molar-refractivity contribution in [2.45, 2.75) is 52.4 Å². The first-order valence-electron chi connectivity index (χ1n) is 8.73. The quantitative estimate of drug-likeness (QED) is 0.713. The summed E-state index contributed by atoms with van der Waals surface area (Å²) in [5.41, 5.74) is 8.43. The molecule has 1 saturated carbocycles. The Balaban J connectivity index is 1.82. The minimum absolute atomic E-state index is 0.784. The average molecular weight is 290 g/mol. The zero-order chi connectivity index (χ0) is 15.7. The van der Waals surface area contributed by atoms with Gasteiger partial charge in [-0.15, -0.1) is 0 Å². The lowest BCUT2D eigenvalue weighted by atomic mass is 9.79. The Labute approximate surface area is 136 Å². The van der Waals surface area contributed by atoms with Crippen molar-refractivity contribution >= 4 is 13.3 Å². The second-order valence-corrected chi connectivity index (χ2v) is 7.31. The van der Waals surface area contributed by atoms with E-state index < -0.39 is 0 Å². The molecule has 2 aromatic carbocycles. The molecule has 0 spiro atoms. The minimum Gasteiger partial charge on any atom is -0.0852 e. The summed E-state index contributed by atoms with van der Waals surface area (Å²) in [7, 11) is 2.21. The highest BCUT2D eigenvalue weighted by molar-refractivity contribution is 6.33. The Morgan fingerprint density at radius 3 is 2.09 bits per heavy atom. The molecule has 1 heteroatoms. The van der Waals surface area contributed by atoms with Crippen LogP contribution in [-0.2, 0) is 0 Å². The van der Waals surface area contributed by atoms with Crippen molar-refractivity contribution in [1.82, 2.24) is 0 Å². The van der Waals surface area contributed by atoms with Gasteiger partial charge in [0.2, 0.25) is 0 Å². The van der Waals surface area contributed by atoms with E-state index in [9.17, 15) is 0 Å². The van der Waals surface area contributed by atoms with E-state index in [1.807, 2.05) is 0 Å². The first-order chi connectivity index (χ1) is 10.5. The summed E-state index contributed by atoms with van der Waals surface area (Å²) in [6, 6.07) is 14.0. The van der Waals surface area contributed by atoms with E-state index in [4.69, 9.17) is 0 Å². The summed E-state index contributed by atoms with van der Waals surface area (Å²) in [5.74, 6) is 1.71. The number of hydrogen-bond acceptors (Lipinski definition) is 0. The third kappa shape index (κ3) is 3.14. The van der Waals surface area contributed by atoms with E-state index in [1.165, 1.54) is 59.0 Å². The van der Waals surface area contributed by atoms with Crippen LogP contribution in [0.4, 0.5) is 0 Å². The fourth-order valence-corrected chi connectivity index (χ4v) is 3.74. The van der Waals surface area contributed by atoms with Gasteiger partial charge >= 0.3 is 0 Å². The van der Waals surface area contributed by atoms with Crippen molar-refractivity contribution in [1.29, 1.82) is 0 Å². The Morgan fingerprint density at radius 1 is 0.864 bits per heavy atom. The predicted octanol–water partition coefficient (Wildman–Crippen LogP) is 4.52. The van der Waals surface area contributed by atoms with Crippen LogP contribution in [-0.4, -0.2) is 7.85 Å². The fourth-order valence-electron chi connectivity index (χ4n) is 3.74. The van der Waals surface area contributed by atoms with E-state index in [0.29, 0.717) is 0 Å². The zero-order valence-corrected chi connectivity index (χ0v) is 14.4. The molecule has 0 unspecified atom stereocenters. The van der Waals surface area contributed by atoms with Crippen molar-refractivity contribution in [2.75, 3.05) is 0 Å². The second kappa shape index (κ2) is 6.32. The standard InChI is InChI=1S/C21H27B/c1-14-4-6-17(7-5-14)18-8-10-19(11-9-18)20-12-15(2)16(3)21(22)13-20/h8-14,17H,4-7,22H2,1-3H3. The molecule has 0 aliphatic heterocycles. The monoisotopic (exact) mass is 290 g/mol. The van der Waals surface area contributed by atoms with Gasteiger partial charge in [0.25, 0.3) is 0 Å². The van der Waals surface area contributed by atoms with Crippen LogP contribution in [0.15, 0.2) is 36.4 Å². The number of benzene rings is 2. The molecule has 22 heavy (non-hydrogen) atoms. The zero-order valence-electron chi connectivity index (χ0n) is 14.4. The molecule has 114 valence electrons. The van der Waals surface area contributed by atoms with Crippen molar-refractivity contribution in [2.24, 2.45) is 5.92 Å². The molecule has 3 rings (SSSR count). The average Bonchev–Trinajstić information content (AvgIpc) is 2.53. The molecule has 1 aliphatic carbocycles. The van der Waals surface area contributed by atoms with Crippen LogP contribution in [0.3, 0.4) is 0 Å². The Morgan fingerprint density at radius 2 is 1.50 bits per heavy atom. The largest absolute Gasteiger partial charge is 0.139 e. The summed E-state index contributed by atoms with van der Waals surface area (Å²) in [4.78, 5) is 0. The molecule has 0 nitrogen and oxygen atoms in total. The third-order valence-corrected chi connectivity index (χ3v) is 5.66. The van der Waals surface area contributed by atoms with Crippen LogP contribution in [0, 0.1) is 19.8 Å². The molecule has 0 bridgehead atoms. The van der Waals surface area contributed by atoms with Crippen LogP contribution < -0.4 is 5.46 Å². The molecule has 0 amide bonds. The van der Waals surface area contributed by atoms with E-state index in [-0.39, 0.29) is 0 Å². The Bertz CT molecular complexity index is 623. The van der Waals surface area contributed by atoms with Gasteiger partial charge in [0.1, 0.15) is 7.85 Å². The topological polar surface area (TPSA) is 0 Å². The fraction of sp³-hybridized carbons (Fsp3) is 0.429. The van der Waals surface area contributed by atoms with Crippen LogP contribution in [0.2, 0.25) is 0 Å². The molecule has 0 heterocycles. The molecule has 0 aromatic heterocycles. The predicted molar refractivity (Wildman–Crippen MR) is 99.9 cm³/mol. The highest BCUT2D eigenvalue weighted by Gasteiger charge is 2.19. The van der Waals surface area contributed by atoms with Gasteiger partial charge < -0.3 is 0 Å². The maximum Gasteiger partial charge on any atom is 0.139 e. The molecule has 2 aromatic rings. The van der Waals surface area contributed by atoms with Crippen molar-refractivity contribution in [3.05, 3.63) is 53.1 Å². The minimum atomic E-state index is 0.784.